The maximum absolute atomic E-state index is 12.3. The van der Waals surface area contributed by atoms with Gasteiger partial charge in [0, 0.05) is 31.7 Å². The van der Waals surface area contributed by atoms with Gasteiger partial charge in [0.15, 0.2) is 0 Å². The number of nitrogens with zero attached hydrogens (tertiary/aromatic N) is 2. The van der Waals surface area contributed by atoms with Crippen molar-refractivity contribution in [3.8, 4) is 0 Å². The fraction of sp³-hybridized carbons (Fsp3) is 0.500. The fourth-order valence-corrected chi connectivity index (χ4v) is 3.01. The van der Waals surface area contributed by atoms with Gasteiger partial charge >= 0.3 is 0 Å². The second kappa shape index (κ2) is 6.26. The zero-order chi connectivity index (χ0) is 14.7. The molecule has 1 unspecified atom stereocenters. The number of benzene rings is 1. The Kier molecular flexibility index (Phi) is 4.20. The molecule has 0 radical (unpaired) electrons. The molecular weight excluding hydrogens is 266 g/mol. The maximum atomic E-state index is 12.3. The van der Waals surface area contributed by atoms with E-state index in [2.05, 4.69) is 5.32 Å². The van der Waals surface area contributed by atoms with E-state index in [1.807, 2.05) is 40.1 Å². The Bertz CT molecular complexity index is 504. The van der Waals surface area contributed by atoms with Crippen LogP contribution in [-0.4, -0.2) is 60.4 Å². The minimum atomic E-state index is -0.0126. The number of rotatable bonds is 2. The van der Waals surface area contributed by atoms with E-state index < -0.39 is 0 Å². The molecule has 0 spiro atoms. The zero-order valence-electron chi connectivity index (χ0n) is 12.1. The van der Waals surface area contributed by atoms with Gasteiger partial charge in [0.25, 0.3) is 5.91 Å². The summed E-state index contributed by atoms with van der Waals surface area (Å²) in [6.45, 7) is 3.44. The van der Waals surface area contributed by atoms with Crippen LogP contribution in [0.5, 0.6) is 0 Å². The van der Waals surface area contributed by atoms with E-state index in [0.29, 0.717) is 26.2 Å². The summed E-state index contributed by atoms with van der Waals surface area (Å²) in [5, 5.41) is 3.24. The lowest BCUT2D eigenvalue weighted by Crippen LogP contribution is -2.54. The van der Waals surface area contributed by atoms with E-state index in [1.54, 1.807) is 0 Å². The summed E-state index contributed by atoms with van der Waals surface area (Å²) < 4.78 is 0. The van der Waals surface area contributed by atoms with Crippen LogP contribution in [0, 0.1) is 0 Å². The highest BCUT2D eigenvalue weighted by Gasteiger charge is 2.30. The molecule has 2 aliphatic heterocycles. The molecule has 2 aliphatic rings. The van der Waals surface area contributed by atoms with Crippen LogP contribution in [0.2, 0.25) is 0 Å². The molecule has 1 aromatic rings. The van der Waals surface area contributed by atoms with Crippen molar-refractivity contribution in [1.82, 2.24) is 15.1 Å². The van der Waals surface area contributed by atoms with Gasteiger partial charge in [0.05, 0.1) is 6.04 Å². The molecule has 2 amide bonds. The Labute approximate surface area is 124 Å². The van der Waals surface area contributed by atoms with Crippen LogP contribution in [0.3, 0.4) is 0 Å². The number of amides is 2. The smallest absolute Gasteiger partial charge is 0.253 e. The highest BCUT2D eigenvalue weighted by Crippen LogP contribution is 2.13. The number of carbonyl (C=O) groups is 2. The molecular formula is C16H21N3O2. The highest BCUT2D eigenvalue weighted by atomic mass is 16.2. The Morgan fingerprint density at radius 1 is 1.00 bits per heavy atom. The zero-order valence-corrected chi connectivity index (χ0v) is 12.1. The number of hydrogen-bond donors (Lipinski definition) is 1. The van der Waals surface area contributed by atoms with Gasteiger partial charge in [-0.1, -0.05) is 18.2 Å². The van der Waals surface area contributed by atoms with Crippen molar-refractivity contribution < 1.29 is 9.59 Å². The van der Waals surface area contributed by atoms with Gasteiger partial charge in [-0.05, 0) is 31.5 Å². The van der Waals surface area contributed by atoms with Gasteiger partial charge < -0.3 is 15.1 Å². The van der Waals surface area contributed by atoms with Crippen molar-refractivity contribution in [2.75, 3.05) is 32.7 Å². The van der Waals surface area contributed by atoms with E-state index >= 15 is 0 Å². The third kappa shape index (κ3) is 3.08. The molecule has 112 valence electrons. The van der Waals surface area contributed by atoms with Crippen molar-refractivity contribution in [3.63, 3.8) is 0 Å². The highest BCUT2D eigenvalue weighted by molar-refractivity contribution is 5.94. The van der Waals surface area contributed by atoms with Gasteiger partial charge in [-0.2, -0.15) is 0 Å². The third-order valence-corrected chi connectivity index (χ3v) is 4.26. The molecule has 2 heterocycles. The summed E-state index contributed by atoms with van der Waals surface area (Å²) >= 11 is 0. The number of nitrogens with one attached hydrogen (secondary N) is 1. The average molecular weight is 287 g/mol. The van der Waals surface area contributed by atoms with E-state index in [1.165, 1.54) is 0 Å². The lowest BCUT2D eigenvalue weighted by atomic mass is 10.1. The van der Waals surface area contributed by atoms with Gasteiger partial charge in [-0.3, -0.25) is 9.59 Å². The molecule has 0 saturated carbocycles. The predicted molar refractivity (Wildman–Crippen MR) is 80.0 cm³/mol. The predicted octanol–water partition coefficient (Wildman–Crippen LogP) is 0.723. The minimum Gasteiger partial charge on any atom is -0.338 e. The van der Waals surface area contributed by atoms with Gasteiger partial charge in [0.2, 0.25) is 5.91 Å². The van der Waals surface area contributed by atoms with Gasteiger partial charge in [0.1, 0.15) is 0 Å². The molecule has 1 N–H and O–H groups in total. The monoisotopic (exact) mass is 287 g/mol. The van der Waals surface area contributed by atoms with Crippen molar-refractivity contribution in [1.29, 1.82) is 0 Å². The van der Waals surface area contributed by atoms with Crippen LogP contribution >= 0.6 is 0 Å². The molecule has 5 nitrogen and oxygen atoms in total. The molecule has 5 heteroatoms. The van der Waals surface area contributed by atoms with Crippen LogP contribution in [0.25, 0.3) is 0 Å². The molecule has 1 atom stereocenters. The lowest BCUT2D eigenvalue weighted by molar-refractivity contribution is -0.134. The first-order valence-corrected chi connectivity index (χ1v) is 7.62. The summed E-state index contributed by atoms with van der Waals surface area (Å²) in [6.07, 6.45) is 2.00. The molecule has 1 aromatic carbocycles. The second-order valence-corrected chi connectivity index (χ2v) is 5.63. The summed E-state index contributed by atoms with van der Waals surface area (Å²) in [6, 6.07) is 9.31. The van der Waals surface area contributed by atoms with E-state index in [9.17, 15) is 9.59 Å². The van der Waals surface area contributed by atoms with Crippen LogP contribution in [-0.2, 0) is 4.79 Å². The van der Waals surface area contributed by atoms with Crippen molar-refractivity contribution >= 4 is 11.8 Å². The van der Waals surface area contributed by atoms with Crippen LogP contribution in [0.1, 0.15) is 23.2 Å². The second-order valence-electron chi connectivity index (χ2n) is 5.63. The van der Waals surface area contributed by atoms with Crippen molar-refractivity contribution in [2.45, 2.75) is 18.9 Å². The van der Waals surface area contributed by atoms with Crippen LogP contribution < -0.4 is 5.32 Å². The third-order valence-electron chi connectivity index (χ3n) is 4.26. The summed E-state index contributed by atoms with van der Waals surface area (Å²) in [5.74, 6) is 0.251. The molecule has 0 aliphatic carbocycles. The maximum Gasteiger partial charge on any atom is 0.253 e. The van der Waals surface area contributed by atoms with Crippen LogP contribution in [0.4, 0.5) is 0 Å². The molecule has 2 saturated heterocycles. The Morgan fingerprint density at radius 3 is 2.29 bits per heavy atom. The summed E-state index contributed by atoms with van der Waals surface area (Å²) in [5.41, 5.74) is 0.717. The molecule has 2 fully saturated rings. The lowest BCUT2D eigenvalue weighted by Gasteiger charge is -2.36. The SMILES string of the molecule is O=C(c1ccccc1)N1CCN(C(=O)C2CCCN2)CC1. The quantitative estimate of drug-likeness (QED) is 0.872. The summed E-state index contributed by atoms with van der Waals surface area (Å²) in [4.78, 5) is 28.4. The first-order valence-electron chi connectivity index (χ1n) is 7.62. The summed E-state index contributed by atoms with van der Waals surface area (Å²) in [7, 11) is 0. The Hall–Kier alpha value is -1.88. The minimum absolute atomic E-state index is 0.0126. The molecule has 0 bridgehead atoms. The fourth-order valence-electron chi connectivity index (χ4n) is 3.01. The Balaban J connectivity index is 1.55. The number of hydrogen-bond acceptors (Lipinski definition) is 3. The topological polar surface area (TPSA) is 52.7 Å². The first-order chi connectivity index (χ1) is 10.3. The number of piperazine rings is 1. The standard InChI is InChI=1S/C16H21N3O2/c20-15(13-5-2-1-3-6-13)18-9-11-19(12-10-18)16(21)14-7-4-8-17-14/h1-3,5-6,14,17H,4,7-12H2. The molecule has 21 heavy (non-hydrogen) atoms. The molecule has 0 aromatic heterocycles. The van der Waals surface area contributed by atoms with E-state index in [4.69, 9.17) is 0 Å². The van der Waals surface area contributed by atoms with E-state index in [-0.39, 0.29) is 17.9 Å². The Morgan fingerprint density at radius 2 is 1.67 bits per heavy atom. The average Bonchev–Trinajstić information content (AvgIpc) is 3.09. The largest absolute Gasteiger partial charge is 0.338 e. The van der Waals surface area contributed by atoms with Crippen molar-refractivity contribution in [2.24, 2.45) is 0 Å². The van der Waals surface area contributed by atoms with Crippen molar-refractivity contribution in [3.05, 3.63) is 35.9 Å². The van der Waals surface area contributed by atoms with Gasteiger partial charge in [-0.15, -0.1) is 0 Å². The van der Waals surface area contributed by atoms with Gasteiger partial charge in [-0.25, -0.2) is 0 Å². The number of carbonyl (C=O) groups excluding carboxylic acids is 2. The normalized spacial score (nSPS) is 22.4. The first kappa shape index (κ1) is 14.1. The van der Waals surface area contributed by atoms with Crippen LogP contribution in [0.15, 0.2) is 30.3 Å². The van der Waals surface area contributed by atoms with E-state index in [0.717, 1.165) is 24.9 Å². The molecule has 3 rings (SSSR count).